The second-order valence-electron chi connectivity index (χ2n) is 4.58. The van der Waals surface area contributed by atoms with Crippen LogP contribution in [0.5, 0.6) is 0 Å². The summed E-state index contributed by atoms with van der Waals surface area (Å²) in [4.78, 5) is 0.297. The Balaban J connectivity index is 2.09. The predicted molar refractivity (Wildman–Crippen MR) is 75.1 cm³/mol. The molecule has 0 amide bonds. The van der Waals surface area contributed by atoms with Crippen LogP contribution in [0.4, 0.5) is 0 Å². The van der Waals surface area contributed by atoms with Crippen LogP contribution in [0, 0.1) is 6.92 Å². The minimum absolute atomic E-state index is 0.254. The summed E-state index contributed by atoms with van der Waals surface area (Å²) in [5.74, 6) is 0. The molecule has 1 heterocycles. The van der Waals surface area contributed by atoms with Gasteiger partial charge in [-0.3, -0.25) is 0 Å². The maximum atomic E-state index is 12.2. The number of hydrogen-bond donors (Lipinski definition) is 2. The lowest BCUT2D eigenvalue weighted by Gasteiger charge is -2.13. The Hall–Kier alpha value is -0.430. The van der Waals surface area contributed by atoms with E-state index in [0.717, 1.165) is 24.9 Å². The highest BCUT2D eigenvalue weighted by molar-refractivity contribution is 9.10. The van der Waals surface area contributed by atoms with Crippen LogP contribution in [0.1, 0.15) is 18.4 Å². The summed E-state index contributed by atoms with van der Waals surface area (Å²) in [5.41, 5.74) is 1.03. The van der Waals surface area contributed by atoms with Gasteiger partial charge in [0.15, 0.2) is 0 Å². The van der Waals surface area contributed by atoms with Gasteiger partial charge in [-0.2, -0.15) is 0 Å². The quantitative estimate of drug-likeness (QED) is 0.883. The van der Waals surface area contributed by atoms with Crippen molar-refractivity contribution >= 4 is 26.0 Å². The number of benzene rings is 1. The van der Waals surface area contributed by atoms with Gasteiger partial charge in [0.05, 0.1) is 4.90 Å². The van der Waals surface area contributed by atoms with Crippen molar-refractivity contribution < 1.29 is 8.42 Å². The van der Waals surface area contributed by atoms with Gasteiger partial charge >= 0.3 is 0 Å². The second-order valence-corrected chi connectivity index (χ2v) is 7.17. The highest BCUT2D eigenvalue weighted by Crippen LogP contribution is 2.22. The van der Waals surface area contributed by atoms with Crippen LogP contribution in [0.3, 0.4) is 0 Å². The molecule has 1 aromatic carbocycles. The summed E-state index contributed by atoms with van der Waals surface area (Å²) in [5, 5.41) is 3.27. The van der Waals surface area contributed by atoms with Crippen LogP contribution >= 0.6 is 15.9 Å². The third-order valence-corrected chi connectivity index (χ3v) is 5.46. The van der Waals surface area contributed by atoms with Gasteiger partial charge in [0.1, 0.15) is 0 Å². The van der Waals surface area contributed by atoms with Crippen LogP contribution in [-0.2, 0) is 10.0 Å². The van der Waals surface area contributed by atoms with Crippen LogP contribution in [0.25, 0.3) is 0 Å². The minimum atomic E-state index is -3.43. The standard InChI is InChI=1S/C12H17BrN2O2S/c1-9-4-5-12(11(13)7-9)18(16,17)15-8-10-3-2-6-14-10/h4-5,7,10,14-15H,2-3,6,8H2,1H3. The summed E-state index contributed by atoms with van der Waals surface area (Å²) in [7, 11) is -3.43. The Morgan fingerprint density at radius 3 is 2.89 bits per heavy atom. The Labute approximate surface area is 116 Å². The van der Waals surface area contributed by atoms with Crippen LogP contribution < -0.4 is 10.0 Å². The number of nitrogens with one attached hydrogen (secondary N) is 2. The van der Waals surface area contributed by atoms with Crippen LogP contribution in [-0.4, -0.2) is 27.5 Å². The number of aryl methyl sites for hydroxylation is 1. The molecule has 6 heteroatoms. The molecular weight excluding hydrogens is 316 g/mol. The van der Waals surface area contributed by atoms with Crippen LogP contribution in [0.2, 0.25) is 0 Å². The smallest absolute Gasteiger partial charge is 0.241 e. The molecule has 100 valence electrons. The van der Waals surface area contributed by atoms with E-state index in [0.29, 0.717) is 15.9 Å². The highest BCUT2D eigenvalue weighted by atomic mass is 79.9. The van der Waals surface area contributed by atoms with Crippen molar-refractivity contribution in [2.45, 2.75) is 30.7 Å². The number of halogens is 1. The number of rotatable bonds is 4. The van der Waals surface area contributed by atoms with Crippen molar-refractivity contribution in [2.24, 2.45) is 0 Å². The number of sulfonamides is 1. The minimum Gasteiger partial charge on any atom is -0.313 e. The van der Waals surface area contributed by atoms with Gasteiger partial charge in [-0.25, -0.2) is 13.1 Å². The van der Waals surface area contributed by atoms with E-state index in [1.165, 1.54) is 0 Å². The molecule has 0 aromatic heterocycles. The van der Waals surface area contributed by atoms with Gasteiger partial charge in [0, 0.05) is 17.1 Å². The summed E-state index contributed by atoms with van der Waals surface area (Å²) < 4.78 is 27.6. The lowest BCUT2D eigenvalue weighted by Crippen LogP contribution is -2.37. The van der Waals surface area contributed by atoms with Gasteiger partial charge in [0.2, 0.25) is 10.0 Å². The lowest BCUT2D eigenvalue weighted by atomic mass is 10.2. The molecule has 1 aliphatic rings. The SMILES string of the molecule is Cc1ccc(S(=O)(=O)NCC2CCCN2)c(Br)c1. The Kier molecular flexibility index (Phi) is 4.42. The molecule has 0 radical (unpaired) electrons. The molecule has 2 N–H and O–H groups in total. The lowest BCUT2D eigenvalue weighted by molar-refractivity contribution is 0.551. The molecule has 0 bridgehead atoms. The first-order valence-electron chi connectivity index (χ1n) is 5.98. The summed E-state index contributed by atoms with van der Waals surface area (Å²) in [6.07, 6.45) is 2.14. The highest BCUT2D eigenvalue weighted by Gasteiger charge is 2.20. The van der Waals surface area contributed by atoms with E-state index in [1.54, 1.807) is 12.1 Å². The molecule has 0 saturated carbocycles. The molecule has 1 unspecified atom stereocenters. The fourth-order valence-electron chi connectivity index (χ4n) is 2.04. The maximum absolute atomic E-state index is 12.2. The van der Waals surface area contributed by atoms with Crippen molar-refractivity contribution in [1.29, 1.82) is 0 Å². The summed E-state index contributed by atoms with van der Waals surface area (Å²) in [6, 6.07) is 5.49. The maximum Gasteiger partial charge on any atom is 0.241 e. The fraction of sp³-hybridized carbons (Fsp3) is 0.500. The van der Waals surface area contributed by atoms with Crippen LogP contribution in [0.15, 0.2) is 27.6 Å². The molecular formula is C12H17BrN2O2S. The van der Waals surface area contributed by atoms with E-state index in [1.807, 2.05) is 13.0 Å². The molecule has 1 saturated heterocycles. The van der Waals surface area contributed by atoms with Crippen molar-refractivity contribution in [3.8, 4) is 0 Å². The third kappa shape index (κ3) is 3.32. The zero-order valence-corrected chi connectivity index (χ0v) is 12.6. The number of hydrogen-bond acceptors (Lipinski definition) is 3. The van der Waals surface area contributed by atoms with Gasteiger partial charge in [0.25, 0.3) is 0 Å². The Bertz CT molecular complexity index is 525. The van der Waals surface area contributed by atoms with E-state index < -0.39 is 10.0 Å². The summed E-state index contributed by atoms with van der Waals surface area (Å²) >= 11 is 3.30. The van der Waals surface area contributed by atoms with Gasteiger partial charge in [-0.05, 0) is 59.9 Å². The van der Waals surface area contributed by atoms with E-state index >= 15 is 0 Å². The van der Waals surface area contributed by atoms with Crippen molar-refractivity contribution in [3.05, 3.63) is 28.2 Å². The first kappa shape index (κ1) is 14.0. The molecule has 4 nitrogen and oxygen atoms in total. The van der Waals surface area contributed by atoms with Crippen molar-refractivity contribution in [1.82, 2.24) is 10.0 Å². The molecule has 1 fully saturated rings. The monoisotopic (exact) mass is 332 g/mol. The average molecular weight is 333 g/mol. The van der Waals surface area contributed by atoms with E-state index in [4.69, 9.17) is 0 Å². The third-order valence-electron chi connectivity index (χ3n) is 3.06. The Morgan fingerprint density at radius 2 is 2.28 bits per heavy atom. The van der Waals surface area contributed by atoms with E-state index in [-0.39, 0.29) is 6.04 Å². The topological polar surface area (TPSA) is 58.2 Å². The Morgan fingerprint density at radius 1 is 1.50 bits per heavy atom. The fourth-order valence-corrected chi connectivity index (χ4v) is 4.31. The first-order chi connectivity index (χ1) is 8.49. The average Bonchev–Trinajstić information content (AvgIpc) is 2.78. The van der Waals surface area contributed by atoms with E-state index in [2.05, 4.69) is 26.0 Å². The predicted octanol–water partition coefficient (Wildman–Crippen LogP) is 1.79. The summed E-state index contributed by atoms with van der Waals surface area (Å²) in [6.45, 7) is 3.35. The van der Waals surface area contributed by atoms with Gasteiger partial charge < -0.3 is 5.32 Å². The zero-order valence-electron chi connectivity index (χ0n) is 10.2. The van der Waals surface area contributed by atoms with Crippen molar-refractivity contribution in [2.75, 3.05) is 13.1 Å². The second kappa shape index (κ2) is 5.69. The van der Waals surface area contributed by atoms with Gasteiger partial charge in [-0.15, -0.1) is 0 Å². The van der Waals surface area contributed by atoms with Crippen molar-refractivity contribution in [3.63, 3.8) is 0 Å². The van der Waals surface area contributed by atoms with E-state index in [9.17, 15) is 8.42 Å². The molecule has 1 aromatic rings. The molecule has 1 aliphatic heterocycles. The molecule has 2 rings (SSSR count). The molecule has 0 aliphatic carbocycles. The molecule has 0 spiro atoms. The normalized spacial score (nSPS) is 20.2. The zero-order chi connectivity index (χ0) is 13.2. The molecule has 1 atom stereocenters. The largest absolute Gasteiger partial charge is 0.313 e. The molecule has 18 heavy (non-hydrogen) atoms. The first-order valence-corrected chi connectivity index (χ1v) is 8.26. The van der Waals surface area contributed by atoms with Gasteiger partial charge in [-0.1, -0.05) is 6.07 Å².